The summed E-state index contributed by atoms with van der Waals surface area (Å²) in [6.07, 6.45) is 0.428. The second-order valence-electron chi connectivity index (χ2n) is 5.28. The van der Waals surface area contributed by atoms with Crippen LogP contribution in [0, 0.1) is 0 Å². The van der Waals surface area contributed by atoms with Gasteiger partial charge < -0.3 is 14.7 Å². The zero-order valence-electron chi connectivity index (χ0n) is 11.1. The van der Waals surface area contributed by atoms with Gasteiger partial charge in [-0.2, -0.15) is 0 Å². The Morgan fingerprint density at radius 3 is 2.35 bits per heavy atom. The van der Waals surface area contributed by atoms with Crippen molar-refractivity contribution < 1.29 is 19.4 Å². The van der Waals surface area contributed by atoms with E-state index in [9.17, 15) is 9.59 Å². The molecule has 3 rings (SSSR count). The second-order valence-corrected chi connectivity index (χ2v) is 5.28. The SMILES string of the molecule is O=C(O)[C@H]1CC[C@@H](C(=O)N2CCC2c2ccccc2)O1. The first-order valence-corrected chi connectivity index (χ1v) is 6.90. The van der Waals surface area contributed by atoms with Gasteiger partial charge in [0, 0.05) is 6.54 Å². The highest BCUT2D eigenvalue weighted by atomic mass is 16.5. The van der Waals surface area contributed by atoms with Crippen LogP contribution in [0.2, 0.25) is 0 Å². The number of hydrogen-bond acceptors (Lipinski definition) is 3. The van der Waals surface area contributed by atoms with Gasteiger partial charge in [0.1, 0.15) is 6.10 Å². The molecule has 0 saturated carbocycles. The largest absolute Gasteiger partial charge is 0.479 e. The van der Waals surface area contributed by atoms with E-state index in [-0.39, 0.29) is 11.9 Å². The predicted molar refractivity (Wildman–Crippen MR) is 71.0 cm³/mol. The Balaban J connectivity index is 1.65. The molecule has 5 nitrogen and oxygen atoms in total. The van der Waals surface area contributed by atoms with Crippen molar-refractivity contribution >= 4 is 11.9 Å². The van der Waals surface area contributed by atoms with E-state index in [1.165, 1.54) is 0 Å². The molecule has 0 radical (unpaired) electrons. The van der Waals surface area contributed by atoms with Crippen LogP contribution in [0.1, 0.15) is 30.9 Å². The van der Waals surface area contributed by atoms with Crippen molar-refractivity contribution in [1.29, 1.82) is 0 Å². The molecule has 2 aliphatic rings. The molecule has 1 aromatic carbocycles. The number of carboxylic acid groups (broad SMARTS) is 1. The summed E-state index contributed by atoms with van der Waals surface area (Å²) in [4.78, 5) is 25.0. The molecule has 0 aliphatic carbocycles. The van der Waals surface area contributed by atoms with Crippen LogP contribution in [-0.2, 0) is 14.3 Å². The first-order chi connectivity index (χ1) is 9.66. The van der Waals surface area contributed by atoms with Gasteiger partial charge in [-0.15, -0.1) is 0 Å². The van der Waals surface area contributed by atoms with Gasteiger partial charge in [0.2, 0.25) is 0 Å². The van der Waals surface area contributed by atoms with Crippen molar-refractivity contribution in [3.8, 4) is 0 Å². The molecular weight excluding hydrogens is 258 g/mol. The Morgan fingerprint density at radius 2 is 1.80 bits per heavy atom. The van der Waals surface area contributed by atoms with Crippen molar-refractivity contribution in [1.82, 2.24) is 4.90 Å². The maximum atomic E-state index is 12.4. The number of likely N-dealkylation sites (tertiary alicyclic amines) is 1. The highest BCUT2D eigenvalue weighted by molar-refractivity contribution is 5.83. The number of benzene rings is 1. The van der Waals surface area contributed by atoms with Crippen molar-refractivity contribution in [3.05, 3.63) is 35.9 Å². The van der Waals surface area contributed by atoms with Gasteiger partial charge in [0.05, 0.1) is 6.04 Å². The molecule has 0 spiro atoms. The molecular formula is C15H17NO4. The highest BCUT2D eigenvalue weighted by Gasteiger charge is 2.41. The van der Waals surface area contributed by atoms with E-state index in [1.54, 1.807) is 4.90 Å². The quantitative estimate of drug-likeness (QED) is 0.909. The summed E-state index contributed by atoms with van der Waals surface area (Å²) < 4.78 is 5.33. The number of carbonyl (C=O) groups is 2. The Morgan fingerprint density at radius 1 is 1.10 bits per heavy atom. The molecule has 1 unspecified atom stereocenters. The fourth-order valence-corrected chi connectivity index (χ4v) is 2.86. The molecule has 1 amide bonds. The number of rotatable bonds is 3. The lowest BCUT2D eigenvalue weighted by atomic mass is 9.94. The molecule has 20 heavy (non-hydrogen) atoms. The monoisotopic (exact) mass is 275 g/mol. The van der Waals surface area contributed by atoms with Gasteiger partial charge in [-0.25, -0.2) is 4.79 Å². The number of amides is 1. The maximum absolute atomic E-state index is 12.4. The first kappa shape index (κ1) is 13.1. The van der Waals surface area contributed by atoms with Crippen LogP contribution in [0.15, 0.2) is 30.3 Å². The molecule has 3 atom stereocenters. The number of nitrogens with zero attached hydrogens (tertiary/aromatic N) is 1. The van der Waals surface area contributed by atoms with Gasteiger partial charge >= 0.3 is 5.97 Å². The lowest BCUT2D eigenvalue weighted by Crippen LogP contribution is -2.49. The van der Waals surface area contributed by atoms with Gasteiger partial charge in [-0.3, -0.25) is 4.79 Å². The lowest BCUT2D eigenvalue weighted by molar-refractivity contribution is -0.158. The van der Waals surface area contributed by atoms with Gasteiger partial charge in [-0.1, -0.05) is 30.3 Å². The molecule has 106 valence electrons. The highest BCUT2D eigenvalue weighted by Crippen LogP contribution is 2.35. The third-order valence-electron chi connectivity index (χ3n) is 4.06. The zero-order chi connectivity index (χ0) is 14.1. The van der Waals surface area contributed by atoms with Crippen LogP contribution in [0.5, 0.6) is 0 Å². The summed E-state index contributed by atoms with van der Waals surface area (Å²) >= 11 is 0. The summed E-state index contributed by atoms with van der Waals surface area (Å²) in [6.45, 7) is 0.718. The van der Waals surface area contributed by atoms with Crippen LogP contribution in [-0.4, -0.2) is 40.6 Å². The van der Waals surface area contributed by atoms with E-state index in [4.69, 9.17) is 9.84 Å². The van der Waals surface area contributed by atoms with Crippen LogP contribution in [0.3, 0.4) is 0 Å². The Hall–Kier alpha value is -1.88. The van der Waals surface area contributed by atoms with Crippen molar-refractivity contribution in [2.75, 3.05) is 6.54 Å². The summed E-state index contributed by atoms with van der Waals surface area (Å²) in [5.41, 5.74) is 1.12. The number of aliphatic carboxylic acids is 1. The maximum Gasteiger partial charge on any atom is 0.332 e. The molecule has 0 aromatic heterocycles. The minimum Gasteiger partial charge on any atom is -0.479 e. The third kappa shape index (κ3) is 2.29. The molecule has 2 fully saturated rings. The Kier molecular flexibility index (Phi) is 3.44. The molecule has 2 aliphatic heterocycles. The van der Waals surface area contributed by atoms with Gasteiger partial charge in [0.25, 0.3) is 5.91 Å². The molecule has 2 heterocycles. The van der Waals surface area contributed by atoms with Gasteiger partial charge in [-0.05, 0) is 24.8 Å². The van der Waals surface area contributed by atoms with E-state index < -0.39 is 18.2 Å². The smallest absolute Gasteiger partial charge is 0.332 e. The molecule has 5 heteroatoms. The number of hydrogen-bond donors (Lipinski definition) is 1. The summed E-state index contributed by atoms with van der Waals surface area (Å²) in [7, 11) is 0. The number of carboxylic acids is 1. The molecule has 1 aromatic rings. The summed E-state index contributed by atoms with van der Waals surface area (Å²) in [5, 5.41) is 8.90. The van der Waals surface area contributed by atoms with Crippen molar-refractivity contribution in [2.24, 2.45) is 0 Å². The minimum absolute atomic E-state index is 0.0751. The Labute approximate surface area is 117 Å². The molecule has 0 bridgehead atoms. The average molecular weight is 275 g/mol. The van der Waals surface area contributed by atoms with E-state index >= 15 is 0 Å². The van der Waals surface area contributed by atoms with Crippen molar-refractivity contribution in [2.45, 2.75) is 37.5 Å². The fourth-order valence-electron chi connectivity index (χ4n) is 2.86. The average Bonchev–Trinajstić information content (AvgIpc) is 2.88. The summed E-state index contributed by atoms with van der Waals surface area (Å²) in [6, 6.07) is 10.0. The van der Waals surface area contributed by atoms with E-state index in [1.807, 2.05) is 30.3 Å². The Bertz CT molecular complexity index is 516. The number of ether oxygens (including phenoxy) is 1. The zero-order valence-corrected chi connectivity index (χ0v) is 11.1. The third-order valence-corrected chi connectivity index (χ3v) is 4.06. The molecule has 2 saturated heterocycles. The topological polar surface area (TPSA) is 66.8 Å². The lowest BCUT2D eigenvalue weighted by Gasteiger charge is -2.42. The summed E-state index contributed by atoms with van der Waals surface area (Å²) in [5.74, 6) is -1.06. The fraction of sp³-hybridized carbons (Fsp3) is 0.467. The van der Waals surface area contributed by atoms with E-state index in [0.717, 1.165) is 18.5 Å². The molecule has 1 N–H and O–H groups in total. The first-order valence-electron chi connectivity index (χ1n) is 6.90. The predicted octanol–water partition coefficient (Wildman–Crippen LogP) is 1.59. The van der Waals surface area contributed by atoms with Crippen LogP contribution in [0.4, 0.5) is 0 Å². The van der Waals surface area contributed by atoms with E-state index in [0.29, 0.717) is 12.8 Å². The normalized spacial score (nSPS) is 29.0. The van der Waals surface area contributed by atoms with E-state index in [2.05, 4.69) is 0 Å². The minimum atomic E-state index is -0.983. The number of carbonyl (C=O) groups excluding carboxylic acids is 1. The standard InChI is InChI=1S/C15H17NO4/c17-14(12-6-7-13(20-12)15(18)19)16-9-8-11(16)10-4-2-1-3-5-10/h1-5,11-13H,6-9H2,(H,18,19)/t11?,12-,13+/m0/s1. The van der Waals surface area contributed by atoms with Gasteiger partial charge in [0.15, 0.2) is 6.10 Å². The van der Waals surface area contributed by atoms with Crippen LogP contribution < -0.4 is 0 Å². The van der Waals surface area contributed by atoms with Crippen molar-refractivity contribution in [3.63, 3.8) is 0 Å². The second kappa shape index (κ2) is 5.25. The van der Waals surface area contributed by atoms with Crippen LogP contribution in [0.25, 0.3) is 0 Å². The van der Waals surface area contributed by atoms with Crippen LogP contribution >= 0.6 is 0 Å².